The van der Waals surface area contributed by atoms with E-state index in [0.29, 0.717) is 16.7 Å². The summed E-state index contributed by atoms with van der Waals surface area (Å²) in [6.45, 7) is 1.93. The van der Waals surface area contributed by atoms with Crippen LogP contribution in [0.3, 0.4) is 0 Å². The van der Waals surface area contributed by atoms with Crippen molar-refractivity contribution in [1.29, 1.82) is 0 Å². The van der Waals surface area contributed by atoms with E-state index < -0.39 is 0 Å². The van der Waals surface area contributed by atoms with Crippen LogP contribution in [0.5, 0.6) is 0 Å². The first-order chi connectivity index (χ1) is 12.2. The lowest BCUT2D eigenvalue weighted by Crippen LogP contribution is -2.28. The van der Waals surface area contributed by atoms with Crippen LogP contribution in [0.2, 0.25) is 0 Å². The molecule has 3 rings (SSSR count). The molecule has 1 amide bonds. The average molecular weight is 329 g/mol. The van der Waals surface area contributed by atoms with Gasteiger partial charge in [-0.25, -0.2) is 0 Å². The zero-order valence-corrected chi connectivity index (χ0v) is 14.0. The number of nitrogens with one attached hydrogen (secondary N) is 1. The van der Waals surface area contributed by atoms with E-state index in [-0.39, 0.29) is 17.7 Å². The van der Waals surface area contributed by atoms with Crippen LogP contribution in [0.25, 0.3) is 0 Å². The molecule has 0 aliphatic carbocycles. The van der Waals surface area contributed by atoms with Gasteiger partial charge in [0.25, 0.3) is 5.91 Å². The van der Waals surface area contributed by atoms with Gasteiger partial charge in [-0.1, -0.05) is 78.9 Å². The Hall–Kier alpha value is -3.20. The van der Waals surface area contributed by atoms with Crippen LogP contribution in [-0.2, 0) is 0 Å². The third kappa shape index (κ3) is 3.83. The van der Waals surface area contributed by atoms with Crippen LogP contribution in [0, 0.1) is 0 Å². The minimum absolute atomic E-state index is 0.145. The molecule has 3 heteroatoms. The van der Waals surface area contributed by atoms with E-state index in [1.54, 1.807) is 36.4 Å². The summed E-state index contributed by atoms with van der Waals surface area (Å²) < 4.78 is 0. The molecule has 3 nitrogen and oxygen atoms in total. The van der Waals surface area contributed by atoms with Gasteiger partial charge in [0.2, 0.25) is 0 Å². The van der Waals surface area contributed by atoms with Crippen molar-refractivity contribution in [1.82, 2.24) is 5.32 Å². The van der Waals surface area contributed by atoms with Crippen molar-refractivity contribution in [2.75, 3.05) is 0 Å². The first-order valence-electron chi connectivity index (χ1n) is 8.21. The molecular formula is C22H19NO2. The highest BCUT2D eigenvalue weighted by molar-refractivity contribution is 6.15. The molecule has 3 aromatic carbocycles. The van der Waals surface area contributed by atoms with Crippen molar-refractivity contribution in [3.8, 4) is 0 Å². The fraction of sp³-hybridized carbons (Fsp3) is 0.0909. The van der Waals surface area contributed by atoms with Crippen LogP contribution in [0.15, 0.2) is 84.9 Å². The fourth-order valence-electron chi connectivity index (χ4n) is 2.72. The molecule has 124 valence electrons. The molecular weight excluding hydrogens is 310 g/mol. The summed E-state index contributed by atoms with van der Waals surface area (Å²) in [6, 6.07) is 25.5. The summed E-state index contributed by atoms with van der Waals surface area (Å²) in [5, 5.41) is 2.97. The van der Waals surface area contributed by atoms with Gasteiger partial charge in [-0.15, -0.1) is 0 Å². The van der Waals surface area contributed by atoms with Crippen molar-refractivity contribution >= 4 is 11.7 Å². The highest BCUT2D eigenvalue weighted by Gasteiger charge is 2.19. The van der Waals surface area contributed by atoms with Gasteiger partial charge in [0.05, 0.1) is 11.6 Å². The Labute approximate surface area is 147 Å². The third-order valence-corrected chi connectivity index (χ3v) is 4.10. The molecule has 0 saturated heterocycles. The van der Waals surface area contributed by atoms with E-state index in [2.05, 4.69) is 5.32 Å². The number of amides is 1. The molecule has 0 fully saturated rings. The molecule has 0 radical (unpaired) electrons. The maximum atomic E-state index is 12.7. The fourth-order valence-corrected chi connectivity index (χ4v) is 2.72. The van der Waals surface area contributed by atoms with Crippen LogP contribution < -0.4 is 5.32 Å². The quantitative estimate of drug-likeness (QED) is 0.705. The Morgan fingerprint density at radius 2 is 1.24 bits per heavy atom. The maximum absolute atomic E-state index is 12.7. The Kier molecular flexibility index (Phi) is 5.05. The summed E-state index contributed by atoms with van der Waals surface area (Å²) in [4.78, 5) is 25.5. The Morgan fingerprint density at radius 3 is 1.88 bits per heavy atom. The first-order valence-corrected chi connectivity index (χ1v) is 8.21. The van der Waals surface area contributed by atoms with Crippen LogP contribution in [-0.4, -0.2) is 11.7 Å². The summed E-state index contributed by atoms with van der Waals surface area (Å²) in [7, 11) is 0. The summed E-state index contributed by atoms with van der Waals surface area (Å²) in [5.74, 6) is -0.407. The van der Waals surface area contributed by atoms with Crippen molar-refractivity contribution in [3.63, 3.8) is 0 Å². The second kappa shape index (κ2) is 7.58. The van der Waals surface area contributed by atoms with Gasteiger partial charge in [0.1, 0.15) is 0 Å². The van der Waals surface area contributed by atoms with Gasteiger partial charge < -0.3 is 5.32 Å². The monoisotopic (exact) mass is 329 g/mol. The summed E-state index contributed by atoms with van der Waals surface area (Å²) >= 11 is 0. The molecule has 0 heterocycles. The number of hydrogen-bond acceptors (Lipinski definition) is 2. The Morgan fingerprint density at radius 1 is 0.720 bits per heavy atom. The van der Waals surface area contributed by atoms with E-state index in [9.17, 15) is 9.59 Å². The lowest BCUT2D eigenvalue weighted by Gasteiger charge is -2.16. The van der Waals surface area contributed by atoms with Crippen LogP contribution in [0.4, 0.5) is 0 Å². The van der Waals surface area contributed by atoms with Crippen molar-refractivity contribution < 1.29 is 9.59 Å². The molecule has 0 bridgehead atoms. The highest BCUT2D eigenvalue weighted by atomic mass is 16.2. The van der Waals surface area contributed by atoms with E-state index in [1.165, 1.54) is 0 Å². The Balaban J connectivity index is 1.85. The minimum atomic E-state index is -0.253. The van der Waals surface area contributed by atoms with Crippen LogP contribution >= 0.6 is 0 Å². The number of rotatable bonds is 5. The lowest BCUT2D eigenvalue weighted by atomic mass is 9.97. The first kappa shape index (κ1) is 16.7. The molecule has 1 atom stereocenters. The molecule has 0 aliphatic heterocycles. The average Bonchev–Trinajstić information content (AvgIpc) is 2.68. The largest absolute Gasteiger partial charge is 0.345 e. The van der Waals surface area contributed by atoms with E-state index in [1.807, 2.05) is 55.5 Å². The number of hydrogen-bond donors (Lipinski definition) is 1. The minimum Gasteiger partial charge on any atom is -0.345 e. The second-order valence-corrected chi connectivity index (χ2v) is 5.85. The van der Waals surface area contributed by atoms with Crippen molar-refractivity contribution in [2.24, 2.45) is 0 Å². The molecule has 3 aromatic rings. The van der Waals surface area contributed by atoms with Gasteiger partial charge in [0.15, 0.2) is 5.78 Å². The number of benzene rings is 3. The lowest BCUT2D eigenvalue weighted by molar-refractivity contribution is 0.0929. The molecule has 0 aliphatic rings. The SMILES string of the molecule is C[C@H](NC(=O)c1ccccc1C(=O)c1ccccc1)c1ccccc1. The highest BCUT2D eigenvalue weighted by Crippen LogP contribution is 2.17. The molecule has 0 aromatic heterocycles. The van der Waals surface area contributed by atoms with E-state index >= 15 is 0 Å². The van der Waals surface area contributed by atoms with E-state index in [4.69, 9.17) is 0 Å². The summed E-state index contributed by atoms with van der Waals surface area (Å²) in [6.07, 6.45) is 0. The third-order valence-electron chi connectivity index (χ3n) is 4.10. The normalized spacial score (nSPS) is 11.6. The zero-order valence-electron chi connectivity index (χ0n) is 14.0. The van der Waals surface area contributed by atoms with Gasteiger partial charge in [0, 0.05) is 11.1 Å². The molecule has 0 saturated carbocycles. The van der Waals surface area contributed by atoms with Gasteiger partial charge in [-0.3, -0.25) is 9.59 Å². The number of carbonyl (C=O) groups excluding carboxylic acids is 2. The smallest absolute Gasteiger partial charge is 0.252 e. The topological polar surface area (TPSA) is 46.2 Å². The Bertz CT molecular complexity index is 873. The van der Waals surface area contributed by atoms with Gasteiger partial charge in [-0.05, 0) is 18.6 Å². The molecule has 0 unspecified atom stereocenters. The molecule has 25 heavy (non-hydrogen) atoms. The molecule has 0 spiro atoms. The van der Waals surface area contributed by atoms with Crippen molar-refractivity contribution in [3.05, 3.63) is 107 Å². The number of ketones is 1. The zero-order chi connectivity index (χ0) is 17.6. The number of carbonyl (C=O) groups is 2. The predicted molar refractivity (Wildman–Crippen MR) is 98.6 cm³/mol. The second-order valence-electron chi connectivity index (χ2n) is 5.85. The van der Waals surface area contributed by atoms with Crippen LogP contribution in [0.1, 0.15) is 44.8 Å². The standard InChI is InChI=1S/C22H19NO2/c1-16(17-10-4-2-5-11-17)23-22(25)20-15-9-8-14-19(20)21(24)18-12-6-3-7-13-18/h2-16H,1H3,(H,23,25)/t16-/m0/s1. The molecule has 1 N–H and O–H groups in total. The van der Waals surface area contributed by atoms with E-state index in [0.717, 1.165) is 5.56 Å². The van der Waals surface area contributed by atoms with Gasteiger partial charge in [-0.2, -0.15) is 0 Å². The maximum Gasteiger partial charge on any atom is 0.252 e. The van der Waals surface area contributed by atoms with Gasteiger partial charge >= 0.3 is 0 Å². The predicted octanol–water partition coefficient (Wildman–Crippen LogP) is 4.41. The summed E-state index contributed by atoms with van der Waals surface area (Å²) in [5.41, 5.74) is 2.38. The van der Waals surface area contributed by atoms with Crippen molar-refractivity contribution in [2.45, 2.75) is 13.0 Å².